The Morgan fingerprint density at radius 1 is 1.38 bits per heavy atom. The van der Waals surface area contributed by atoms with Crippen LogP contribution in [0.5, 0.6) is 0 Å². The number of halogens is 2. The van der Waals surface area contributed by atoms with Gasteiger partial charge in [-0.05, 0) is 24.1 Å². The van der Waals surface area contributed by atoms with Crippen LogP contribution >= 0.6 is 23.2 Å². The van der Waals surface area contributed by atoms with Gasteiger partial charge in [-0.15, -0.1) is 0 Å². The predicted molar refractivity (Wildman–Crippen MR) is 62.2 cm³/mol. The highest BCUT2D eigenvalue weighted by Crippen LogP contribution is 2.47. The van der Waals surface area contributed by atoms with Gasteiger partial charge in [-0.2, -0.15) is 0 Å². The quantitative estimate of drug-likeness (QED) is 0.776. The molecule has 0 saturated carbocycles. The van der Waals surface area contributed by atoms with E-state index in [1.807, 2.05) is 0 Å². The van der Waals surface area contributed by atoms with E-state index in [0.29, 0.717) is 35.4 Å². The van der Waals surface area contributed by atoms with Crippen molar-refractivity contribution in [2.75, 3.05) is 18.5 Å². The van der Waals surface area contributed by atoms with E-state index in [9.17, 15) is 4.79 Å². The van der Waals surface area contributed by atoms with Gasteiger partial charge in [0, 0.05) is 11.6 Å². The molecule has 1 aromatic carbocycles. The summed E-state index contributed by atoms with van der Waals surface area (Å²) in [5.41, 5.74) is 0.971. The molecule has 0 aliphatic carbocycles. The van der Waals surface area contributed by atoms with E-state index in [4.69, 9.17) is 27.9 Å². The number of rotatable bonds is 0. The first-order valence-corrected chi connectivity index (χ1v) is 5.78. The van der Waals surface area contributed by atoms with Crippen LogP contribution in [-0.4, -0.2) is 19.1 Å². The summed E-state index contributed by atoms with van der Waals surface area (Å²) < 4.78 is 5.34. The first-order chi connectivity index (χ1) is 7.63. The summed E-state index contributed by atoms with van der Waals surface area (Å²) in [5.74, 6) is -0.0378. The third kappa shape index (κ3) is 1.22. The molecule has 0 radical (unpaired) electrons. The molecule has 1 fully saturated rings. The molecular weight excluding hydrogens is 249 g/mol. The monoisotopic (exact) mass is 257 g/mol. The van der Waals surface area contributed by atoms with Crippen LogP contribution in [0.25, 0.3) is 0 Å². The van der Waals surface area contributed by atoms with Gasteiger partial charge in [0.1, 0.15) is 5.41 Å². The molecule has 0 bridgehead atoms. The second-order valence-corrected chi connectivity index (χ2v) is 4.99. The molecule has 5 heteroatoms. The van der Waals surface area contributed by atoms with E-state index in [1.54, 1.807) is 12.1 Å². The molecule has 1 aromatic rings. The van der Waals surface area contributed by atoms with Gasteiger partial charge in [0.15, 0.2) is 0 Å². The van der Waals surface area contributed by atoms with Crippen LogP contribution < -0.4 is 5.32 Å². The fourth-order valence-electron chi connectivity index (χ4n) is 2.39. The Morgan fingerprint density at radius 2 is 2.19 bits per heavy atom. The Labute approximate surface area is 103 Å². The lowest BCUT2D eigenvalue weighted by molar-refractivity contribution is -0.120. The van der Waals surface area contributed by atoms with Crippen LogP contribution in [0, 0.1) is 0 Å². The summed E-state index contributed by atoms with van der Waals surface area (Å²) in [6, 6.07) is 3.44. The van der Waals surface area contributed by atoms with Crippen LogP contribution in [0.2, 0.25) is 10.0 Å². The van der Waals surface area contributed by atoms with E-state index in [2.05, 4.69) is 5.32 Å². The Hall–Kier alpha value is -0.770. The Balaban J connectivity index is 2.24. The highest BCUT2D eigenvalue weighted by molar-refractivity contribution is 6.37. The van der Waals surface area contributed by atoms with E-state index in [-0.39, 0.29) is 5.91 Å². The molecule has 1 amide bonds. The van der Waals surface area contributed by atoms with Gasteiger partial charge < -0.3 is 10.1 Å². The average Bonchev–Trinajstić information content (AvgIpc) is 2.79. The van der Waals surface area contributed by atoms with Crippen molar-refractivity contribution in [2.45, 2.75) is 11.8 Å². The van der Waals surface area contributed by atoms with Crippen molar-refractivity contribution < 1.29 is 9.53 Å². The first-order valence-electron chi connectivity index (χ1n) is 5.02. The molecule has 1 atom stereocenters. The number of carbonyl (C=O) groups excluding carboxylic acids is 1. The Bertz CT molecular complexity index is 481. The van der Waals surface area contributed by atoms with Crippen molar-refractivity contribution in [3.63, 3.8) is 0 Å². The Kier molecular flexibility index (Phi) is 2.18. The fraction of sp³-hybridized carbons (Fsp3) is 0.364. The molecule has 1 spiro atoms. The zero-order valence-corrected chi connectivity index (χ0v) is 9.86. The van der Waals surface area contributed by atoms with Crippen LogP contribution in [0.3, 0.4) is 0 Å². The SMILES string of the molecule is O=C1Nc2c(Cl)cc(Cl)cc2C12CCOC2. The first kappa shape index (κ1) is 10.4. The van der Waals surface area contributed by atoms with Crippen LogP contribution in [0.15, 0.2) is 12.1 Å². The minimum absolute atomic E-state index is 0.0378. The van der Waals surface area contributed by atoms with Crippen LogP contribution in [-0.2, 0) is 14.9 Å². The molecule has 0 aromatic heterocycles. The zero-order valence-electron chi connectivity index (χ0n) is 8.35. The minimum atomic E-state index is -0.579. The summed E-state index contributed by atoms with van der Waals surface area (Å²) in [6.45, 7) is 1.000. The number of hydrogen-bond acceptors (Lipinski definition) is 2. The molecule has 2 aliphatic heterocycles. The smallest absolute Gasteiger partial charge is 0.237 e. The standard InChI is InChI=1S/C11H9Cl2NO2/c12-6-3-7-9(8(13)4-6)14-10(15)11(7)1-2-16-5-11/h3-4H,1-2,5H2,(H,14,15). The number of nitrogens with one attached hydrogen (secondary N) is 1. The van der Waals surface area contributed by atoms with Crippen molar-refractivity contribution in [3.05, 3.63) is 27.7 Å². The average molecular weight is 258 g/mol. The number of fused-ring (bicyclic) bond motifs is 2. The molecule has 3 rings (SSSR count). The number of benzene rings is 1. The van der Waals surface area contributed by atoms with E-state index < -0.39 is 5.41 Å². The number of anilines is 1. The van der Waals surface area contributed by atoms with Gasteiger partial charge in [-0.25, -0.2) is 0 Å². The highest BCUT2D eigenvalue weighted by Gasteiger charge is 2.50. The van der Waals surface area contributed by atoms with Crippen molar-refractivity contribution in [1.29, 1.82) is 0 Å². The molecule has 1 saturated heterocycles. The van der Waals surface area contributed by atoms with Crippen molar-refractivity contribution in [2.24, 2.45) is 0 Å². The second kappa shape index (κ2) is 3.36. The topological polar surface area (TPSA) is 38.3 Å². The third-order valence-electron chi connectivity index (χ3n) is 3.27. The highest BCUT2D eigenvalue weighted by atomic mass is 35.5. The maximum Gasteiger partial charge on any atom is 0.237 e. The normalized spacial score (nSPS) is 27.2. The predicted octanol–water partition coefficient (Wildman–Crippen LogP) is 2.60. The summed E-state index contributed by atoms with van der Waals surface area (Å²) in [5, 5.41) is 3.85. The molecule has 1 N–H and O–H groups in total. The van der Waals surface area contributed by atoms with E-state index in [1.165, 1.54) is 0 Å². The second-order valence-electron chi connectivity index (χ2n) is 4.15. The lowest BCUT2D eigenvalue weighted by Crippen LogP contribution is -2.34. The summed E-state index contributed by atoms with van der Waals surface area (Å²) in [4.78, 5) is 12.0. The maximum atomic E-state index is 12.0. The molecule has 1 unspecified atom stereocenters. The number of carbonyl (C=O) groups is 1. The number of amides is 1. The molecule has 16 heavy (non-hydrogen) atoms. The summed E-state index contributed by atoms with van der Waals surface area (Å²) in [7, 11) is 0. The summed E-state index contributed by atoms with van der Waals surface area (Å²) >= 11 is 12.0. The van der Waals surface area contributed by atoms with E-state index in [0.717, 1.165) is 5.56 Å². The molecule has 3 nitrogen and oxygen atoms in total. The van der Waals surface area contributed by atoms with Crippen molar-refractivity contribution in [3.8, 4) is 0 Å². The van der Waals surface area contributed by atoms with Crippen molar-refractivity contribution in [1.82, 2.24) is 0 Å². The number of ether oxygens (including phenoxy) is 1. The third-order valence-corrected chi connectivity index (χ3v) is 3.78. The minimum Gasteiger partial charge on any atom is -0.380 e. The van der Waals surface area contributed by atoms with Gasteiger partial charge in [-0.1, -0.05) is 23.2 Å². The fourth-order valence-corrected chi connectivity index (χ4v) is 2.93. The molecule has 84 valence electrons. The zero-order chi connectivity index (χ0) is 11.3. The van der Waals surface area contributed by atoms with Gasteiger partial charge in [0.25, 0.3) is 0 Å². The van der Waals surface area contributed by atoms with Gasteiger partial charge in [0.2, 0.25) is 5.91 Å². The summed E-state index contributed by atoms with van der Waals surface area (Å²) in [6.07, 6.45) is 0.683. The van der Waals surface area contributed by atoms with Gasteiger partial charge in [0.05, 0.1) is 17.3 Å². The van der Waals surface area contributed by atoms with Crippen LogP contribution in [0.4, 0.5) is 5.69 Å². The molecular formula is C11H9Cl2NO2. The largest absolute Gasteiger partial charge is 0.380 e. The molecule has 2 aliphatic rings. The lowest BCUT2D eigenvalue weighted by atomic mass is 9.81. The lowest BCUT2D eigenvalue weighted by Gasteiger charge is -2.18. The van der Waals surface area contributed by atoms with Gasteiger partial charge in [-0.3, -0.25) is 4.79 Å². The van der Waals surface area contributed by atoms with E-state index >= 15 is 0 Å². The molecule has 2 heterocycles. The van der Waals surface area contributed by atoms with Gasteiger partial charge >= 0.3 is 0 Å². The Morgan fingerprint density at radius 3 is 2.88 bits per heavy atom. The maximum absolute atomic E-state index is 12.0. The number of hydrogen-bond donors (Lipinski definition) is 1. The van der Waals surface area contributed by atoms with Crippen molar-refractivity contribution >= 4 is 34.8 Å². The van der Waals surface area contributed by atoms with Crippen LogP contribution in [0.1, 0.15) is 12.0 Å².